The van der Waals surface area contributed by atoms with Crippen molar-refractivity contribution in [2.45, 2.75) is 26.3 Å². The van der Waals surface area contributed by atoms with Gasteiger partial charge in [0.25, 0.3) is 0 Å². The first-order valence-corrected chi connectivity index (χ1v) is 3.64. The number of tetrazole rings is 1. The first-order chi connectivity index (χ1) is 5.66. The minimum atomic E-state index is -0.909. The van der Waals surface area contributed by atoms with Crippen LogP contribution in [-0.2, 0) is 4.79 Å². The monoisotopic (exact) mass is 170 g/mol. The van der Waals surface area contributed by atoms with E-state index in [0.29, 0.717) is 12.2 Å². The number of hydrogen-bond donors (Lipinski definition) is 1. The molecule has 1 rings (SSSR count). The number of carboxylic acids is 1. The van der Waals surface area contributed by atoms with Gasteiger partial charge in [0.15, 0.2) is 6.04 Å². The Kier molecular flexibility index (Phi) is 2.37. The van der Waals surface area contributed by atoms with Gasteiger partial charge in [-0.15, -0.1) is 5.10 Å². The molecule has 1 aromatic rings. The molecule has 0 aliphatic rings. The fourth-order valence-electron chi connectivity index (χ4n) is 0.978. The van der Waals surface area contributed by atoms with E-state index in [2.05, 4.69) is 15.5 Å². The number of carboxylic acid groups (broad SMARTS) is 1. The Morgan fingerprint density at radius 2 is 2.42 bits per heavy atom. The van der Waals surface area contributed by atoms with Crippen molar-refractivity contribution in [2.24, 2.45) is 0 Å². The lowest BCUT2D eigenvalue weighted by Crippen LogP contribution is -2.20. The van der Waals surface area contributed by atoms with Gasteiger partial charge in [-0.05, 0) is 23.8 Å². The van der Waals surface area contributed by atoms with E-state index < -0.39 is 12.0 Å². The number of aryl methyl sites for hydroxylation is 1. The summed E-state index contributed by atoms with van der Waals surface area (Å²) in [4.78, 5) is 10.7. The number of aromatic nitrogens is 4. The van der Waals surface area contributed by atoms with E-state index in [0.717, 1.165) is 0 Å². The molecule has 0 amide bonds. The molecule has 0 aliphatic carbocycles. The van der Waals surface area contributed by atoms with Crippen LogP contribution in [0.4, 0.5) is 0 Å². The molecule has 6 heteroatoms. The first kappa shape index (κ1) is 8.63. The molecule has 1 aromatic heterocycles. The summed E-state index contributed by atoms with van der Waals surface area (Å²) in [5.74, 6) is -0.392. The van der Waals surface area contributed by atoms with Crippen LogP contribution < -0.4 is 0 Å². The molecule has 0 aliphatic heterocycles. The summed E-state index contributed by atoms with van der Waals surface area (Å²) in [7, 11) is 0. The molecular formula is C6H10N4O2. The highest BCUT2D eigenvalue weighted by Crippen LogP contribution is 2.09. The van der Waals surface area contributed by atoms with Gasteiger partial charge in [-0.1, -0.05) is 6.92 Å². The van der Waals surface area contributed by atoms with Crippen molar-refractivity contribution in [3.8, 4) is 0 Å². The maximum Gasteiger partial charge on any atom is 0.328 e. The molecule has 1 N–H and O–H groups in total. The van der Waals surface area contributed by atoms with Gasteiger partial charge in [0.1, 0.15) is 5.82 Å². The molecule has 1 unspecified atom stereocenters. The molecule has 66 valence electrons. The van der Waals surface area contributed by atoms with Gasteiger partial charge in [-0.25, -0.2) is 9.48 Å². The van der Waals surface area contributed by atoms with Crippen LogP contribution in [0, 0.1) is 6.92 Å². The molecule has 12 heavy (non-hydrogen) atoms. The lowest BCUT2D eigenvalue weighted by molar-refractivity contribution is -0.141. The minimum absolute atomic E-state index is 0.473. The molecular weight excluding hydrogens is 160 g/mol. The number of nitrogens with zero attached hydrogens (tertiary/aromatic N) is 4. The summed E-state index contributed by atoms with van der Waals surface area (Å²) >= 11 is 0. The Hall–Kier alpha value is -1.46. The van der Waals surface area contributed by atoms with Crippen molar-refractivity contribution < 1.29 is 9.90 Å². The van der Waals surface area contributed by atoms with Crippen LogP contribution in [0.5, 0.6) is 0 Å². The Morgan fingerprint density at radius 3 is 2.75 bits per heavy atom. The molecule has 1 atom stereocenters. The minimum Gasteiger partial charge on any atom is -0.480 e. The summed E-state index contributed by atoms with van der Waals surface area (Å²) in [5, 5.41) is 19.3. The van der Waals surface area contributed by atoms with Crippen LogP contribution in [0.1, 0.15) is 25.2 Å². The quantitative estimate of drug-likeness (QED) is 0.691. The Balaban J connectivity index is 2.94. The standard InChI is InChI=1S/C6H10N4O2/c1-3-5(6(11)12)10-4(2)7-8-9-10/h5H,3H2,1-2H3,(H,11,12). The van der Waals surface area contributed by atoms with Gasteiger partial charge < -0.3 is 5.11 Å². The molecule has 0 aromatic carbocycles. The van der Waals surface area contributed by atoms with Crippen LogP contribution in [0.2, 0.25) is 0 Å². The van der Waals surface area contributed by atoms with Crippen molar-refractivity contribution in [1.82, 2.24) is 20.2 Å². The fourth-order valence-corrected chi connectivity index (χ4v) is 0.978. The average Bonchev–Trinajstić information content (AvgIpc) is 2.38. The molecule has 1 heterocycles. The zero-order valence-corrected chi connectivity index (χ0v) is 6.93. The van der Waals surface area contributed by atoms with E-state index in [4.69, 9.17) is 5.11 Å². The average molecular weight is 170 g/mol. The first-order valence-electron chi connectivity index (χ1n) is 3.64. The summed E-state index contributed by atoms with van der Waals surface area (Å²) in [5.41, 5.74) is 0. The number of aliphatic carboxylic acids is 1. The van der Waals surface area contributed by atoms with Crippen LogP contribution >= 0.6 is 0 Å². The fraction of sp³-hybridized carbons (Fsp3) is 0.667. The zero-order valence-electron chi connectivity index (χ0n) is 6.93. The topological polar surface area (TPSA) is 80.9 Å². The van der Waals surface area contributed by atoms with Crippen LogP contribution in [0.3, 0.4) is 0 Å². The number of carbonyl (C=O) groups is 1. The summed E-state index contributed by atoms with van der Waals surface area (Å²) in [6.07, 6.45) is 0.473. The van der Waals surface area contributed by atoms with E-state index in [1.807, 2.05) is 0 Å². The van der Waals surface area contributed by atoms with E-state index in [-0.39, 0.29) is 0 Å². The SMILES string of the molecule is CCC(C(=O)O)n1nnnc1C. The predicted octanol–water partition coefficient (Wildman–Crippen LogP) is 0.0172. The second-order valence-corrected chi connectivity index (χ2v) is 2.43. The van der Waals surface area contributed by atoms with Crippen molar-refractivity contribution in [3.63, 3.8) is 0 Å². The maximum absolute atomic E-state index is 10.7. The van der Waals surface area contributed by atoms with Crippen LogP contribution in [0.15, 0.2) is 0 Å². The summed E-state index contributed by atoms with van der Waals surface area (Å²) in [6, 6.07) is -0.653. The van der Waals surface area contributed by atoms with Gasteiger partial charge in [-0.2, -0.15) is 0 Å². The Bertz CT molecular complexity index is 283. The highest BCUT2D eigenvalue weighted by atomic mass is 16.4. The van der Waals surface area contributed by atoms with E-state index in [1.165, 1.54) is 4.68 Å². The third-order valence-electron chi connectivity index (χ3n) is 1.62. The summed E-state index contributed by atoms with van der Waals surface area (Å²) in [6.45, 7) is 3.45. The van der Waals surface area contributed by atoms with Gasteiger partial charge in [0, 0.05) is 0 Å². The van der Waals surface area contributed by atoms with Gasteiger partial charge in [0.05, 0.1) is 0 Å². The number of rotatable bonds is 3. The molecule has 0 fully saturated rings. The molecule has 0 radical (unpaired) electrons. The van der Waals surface area contributed by atoms with E-state index in [1.54, 1.807) is 13.8 Å². The van der Waals surface area contributed by atoms with Crippen molar-refractivity contribution in [3.05, 3.63) is 5.82 Å². The molecule has 0 bridgehead atoms. The van der Waals surface area contributed by atoms with E-state index in [9.17, 15) is 4.79 Å². The third-order valence-corrected chi connectivity index (χ3v) is 1.62. The van der Waals surface area contributed by atoms with Crippen LogP contribution in [-0.4, -0.2) is 31.3 Å². The predicted molar refractivity (Wildman–Crippen MR) is 39.5 cm³/mol. The lowest BCUT2D eigenvalue weighted by atomic mass is 10.2. The summed E-state index contributed by atoms with van der Waals surface area (Å²) < 4.78 is 1.31. The number of hydrogen-bond acceptors (Lipinski definition) is 4. The van der Waals surface area contributed by atoms with Gasteiger partial charge in [-0.3, -0.25) is 0 Å². The lowest BCUT2D eigenvalue weighted by Gasteiger charge is -2.08. The molecule has 0 spiro atoms. The second kappa shape index (κ2) is 3.29. The van der Waals surface area contributed by atoms with Gasteiger partial charge >= 0.3 is 5.97 Å². The largest absolute Gasteiger partial charge is 0.480 e. The van der Waals surface area contributed by atoms with Gasteiger partial charge in [0.2, 0.25) is 0 Å². The second-order valence-electron chi connectivity index (χ2n) is 2.43. The Morgan fingerprint density at radius 1 is 1.75 bits per heavy atom. The molecule has 0 saturated carbocycles. The Labute approximate surface area is 69.2 Å². The molecule has 0 saturated heterocycles. The maximum atomic E-state index is 10.7. The van der Waals surface area contributed by atoms with Crippen molar-refractivity contribution in [1.29, 1.82) is 0 Å². The highest BCUT2D eigenvalue weighted by Gasteiger charge is 2.20. The molecule has 6 nitrogen and oxygen atoms in total. The highest BCUT2D eigenvalue weighted by molar-refractivity contribution is 5.71. The third kappa shape index (κ3) is 1.41. The van der Waals surface area contributed by atoms with Crippen molar-refractivity contribution >= 4 is 5.97 Å². The van der Waals surface area contributed by atoms with Crippen LogP contribution in [0.25, 0.3) is 0 Å². The van der Waals surface area contributed by atoms with Crippen molar-refractivity contribution in [2.75, 3.05) is 0 Å². The smallest absolute Gasteiger partial charge is 0.328 e. The van der Waals surface area contributed by atoms with E-state index >= 15 is 0 Å². The normalized spacial score (nSPS) is 12.8. The zero-order chi connectivity index (χ0) is 9.14.